The lowest BCUT2D eigenvalue weighted by Gasteiger charge is -2.15. The maximum absolute atomic E-state index is 12.6. The third-order valence-electron chi connectivity index (χ3n) is 4.20. The maximum atomic E-state index is 12.6. The number of nitrogens with one attached hydrogen (secondary N) is 2. The number of benzene rings is 2. The van der Waals surface area contributed by atoms with E-state index in [1.54, 1.807) is 19.1 Å². The van der Waals surface area contributed by atoms with Gasteiger partial charge in [0.15, 0.2) is 0 Å². The number of anilines is 1. The number of rotatable bonds is 5. The average molecular weight is 344 g/mol. The zero-order valence-corrected chi connectivity index (χ0v) is 14.3. The molecule has 5 nitrogen and oxygen atoms in total. The molecular weight excluding hydrogens is 324 g/mol. The van der Waals surface area contributed by atoms with E-state index < -0.39 is 10.0 Å². The van der Waals surface area contributed by atoms with Crippen molar-refractivity contribution in [1.29, 1.82) is 0 Å². The van der Waals surface area contributed by atoms with E-state index >= 15 is 0 Å². The number of hydrogen-bond acceptors (Lipinski definition) is 3. The molecule has 126 valence electrons. The minimum atomic E-state index is -3.60. The molecule has 0 heterocycles. The van der Waals surface area contributed by atoms with E-state index in [1.807, 2.05) is 24.3 Å². The summed E-state index contributed by atoms with van der Waals surface area (Å²) in [7, 11) is -3.60. The number of aryl methyl sites for hydroxylation is 1. The lowest BCUT2D eigenvalue weighted by molar-refractivity contribution is -0.115. The molecular formula is C18H20N2O3S. The monoisotopic (exact) mass is 344 g/mol. The highest BCUT2D eigenvalue weighted by Crippen LogP contribution is 2.32. The summed E-state index contributed by atoms with van der Waals surface area (Å²) in [4.78, 5) is 11.6. The summed E-state index contributed by atoms with van der Waals surface area (Å²) in [5.41, 5.74) is 2.84. The van der Waals surface area contributed by atoms with Gasteiger partial charge in [0.1, 0.15) is 0 Å². The Labute approximate surface area is 142 Å². The van der Waals surface area contributed by atoms with Gasteiger partial charge in [0, 0.05) is 18.2 Å². The molecule has 1 aliphatic rings. The summed E-state index contributed by atoms with van der Waals surface area (Å²) < 4.78 is 28.0. The van der Waals surface area contributed by atoms with Crippen molar-refractivity contribution in [2.75, 3.05) is 5.32 Å². The summed E-state index contributed by atoms with van der Waals surface area (Å²) >= 11 is 0. The Balaban J connectivity index is 1.75. The molecule has 2 aromatic carbocycles. The number of sulfonamides is 1. The third kappa shape index (κ3) is 3.49. The van der Waals surface area contributed by atoms with E-state index in [2.05, 4.69) is 10.0 Å². The summed E-state index contributed by atoms with van der Waals surface area (Å²) in [5.74, 6) is -0.105. The molecule has 1 atom stereocenters. The summed E-state index contributed by atoms with van der Waals surface area (Å²) in [6.45, 7) is 1.76. The second kappa shape index (κ2) is 6.75. The highest BCUT2D eigenvalue weighted by molar-refractivity contribution is 7.89. The number of fused-ring (bicyclic) bond motifs is 1. The molecule has 1 aliphatic carbocycles. The van der Waals surface area contributed by atoms with E-state index in [1.165, 1.54) is 17.7 Å². The van der Waals surface area contributed by atoms with Gasteiger partial charge in [-0.1, -0.05) is 31.2 Å². The summed E-state index contributed by atoms with van der Waals surface area (Å²) in [6, 6.07) is 13.9. The normalized spacial score (nSPS) is 16.6. The van der Waals surface area contributed by atoms with Gasteiger partial charge in [0.05, 0.1) is 4.90 Å². The van der Waals surface area contributed by atoms with E-state index in [0.29, 0.717) is 12.1 Å². The first-order valence-corrected chi connectivity index (χ1v) is 9.48. The molecule has 2 aromatic rings. The van der Waals surface area contributed by atoms with Crippen molar-refractivity contribution >= 4 is 21.6 Å². The molecule has 0 aromatic heterocycles. The fourth-order valence-corrected chi connectivity index (χ4v) is 4.15. The van der Waals surface area contributed by atoms with Gasteiger partial charge in [-0.2, -0.15) is 0 Å². The van der Waals surface area contributed by atoms with Crippen LogP contribution in [-0.2, 0) is 21.2 Å². The summed E-state index contributed by atoms with van der Waals surface area (Å²) in [5, 5.41) is 2.70. The van der Waals surface area contributed by atoms with Crippen LogP contribution < -0.4 is 10.0 Å². The summed E-state index contributed by atoms with van der Waals surface area (Å²) in [6.07, 6.45) is 2.03. The molecule has 0 bridgehead atoms. The molecule has 0 fully saturated rings. The number of hydrogen-bond donors (Lipinski definition) is 2. The number of amides is 1. The topological polar surface area (TPSA) is 75.3 Å². The van der Waals surface area contributed by atoms with Gasteiger partial charge >= 0.3 is 0 Å². The van der Waals surface area contributed by atoms with E-state index in [0.717, 1.165) is 18.4 Å². The molecule has 0 aliphatic heterocycles. The molecule has 0 spiro atoms. The fourth-order valence-electron chi connectivity index (χ4n) is 2.90. The van der Waals surface area contributed by atoms with Crippen LogP contribution in [0.1, 0.15) is 36.9 Å². The van der Waals surface area contributed by atoms with Crippen molar-refractivity contribution in [2.24, 2.45) is 0 Å². The van der Waals surface area contributed by atoms with Crippen LogP contribution in [0.25, 0.3) is 0 Å². The van der Waals surface area contributed by atoms with Crippen molar-refractivity contribution in [1.82, 2.24) is 4.72 Å². The first-order valence-electron chi connectivity index (χ1n) is 7.99. The Hall–Kier alpha value is -2.18. The van der Waals surface area contributed by atoms with Crippen molar-refractivity contribution in [3.05, 3.63) is 59.7 Å². The standard InChI is InChI=1S/C18H20N2O3S/c1-2-18(21)19-14-8-10-15(11-9-14)24(22,23)20-17-12-7-13-5-3-4-6-16(13)17/h3-6,8-11,17,20H,2,7,12H2,1H3,(H,19,21). The highest BCUT2D eigenvalue weighted by Gasteiger charge is 2.27. The van der Waals surface area contributed by atoms with Crippen LogP contribution in [0.15, 0.2) is 53.4 Å². The van der Waals surface area contributed by atoms with Crippen molar-refractivity contribution in [3.63, 3.8) is 0 Å². The highest BCUT2D eigenvalue weighted by atomic mass is 32.2. The number of carbonyl (C=O) groups is 1. The van der Waals surface area contributed by atoms with Gasteiger partial charge in [-0.05, 0) is 48.2 Å². The van der Waals surface area contributed by atoms with Gasteiger partial charge in [-0.25, -0.2) is 13.1 Å². The van der Waals surface area contributed by atoms with Crippen molar-refractivity contribution in [2.45, 2.75) is 37.1 Å². The van der Waals surface area contributed by atoms with Crippen LogP contribution in [0.4, 0.5) is 5.69 Å². The van der Waals surface area contributed by atoms with Crippen LogP contribution in [0, 0.1) is 0 Å². The Morgan fingerprint density at radius 3 is 2.54 bits per heavy atom. The third-order valence-corrected chi connectivity index (χ3v) is 5.69. The Kier molecular flexibility index (Phi) is 4.69. The Morgan fingerprint density at radius 1 is 1.12 bits per heavy atom. The zero-order valence-electron chi connectivity index (χ0n) is 13.5. The molecule has 6 heteroatoms. The van der Waals surface area contributed by atoms with Gasteiger partial charge in [0.25, 0.3) is 0 Å². The maximum Gasteiger partial charge on any atom is 0.241 e. The fraction of sp³-hybridized carbons (Fsp3) is 0.278. The van der Waals surface area contributed by atoms with Gasteiger partial charge < -0.3 is 5.32 Å². The van der Waals surface area contributed by atoms with Crippen molar-refractivity contribution in [3.8, 4) is 0 Å². The molecule has 24 heavy (non-hydrogen) atoms. The second-order valence-electron chi connectivity index (χ2n) is 5.84. The van der Waals surface area contributed by atoms with Crippen LogP contribution in [0.3, 0.4) is 0 Å². The predicted octanol–water partition coefficient (Wildman–Crippen LogP) is 3.00. The lowest BCUT2D eigenvalue weighted by Crippen LogP contribution is -2.27. The van der Waals surface area contributed by atoms with Gasteiger partial charge in [0.2, 0.25) is 15.9 Å². The minimum Gasteiger partial charge on any atom is -0.326 e. The van der Waals surface area contributed by atoms with E-state index in [4.69, 9.17) is 0 Å². The van der Waals surface area contributed by atoms with Gasteiger partial charge in [-0.15, -0.1) is 0 Å². The predicted molar refractivity (Wildman–Crippen MR) is 93.2 cm³/mol. The first-order chi connectivity index (χ1) is 11.5. The second-order valence-corrected chi connectivity index (χ2v) is 7.55. The zero-order chi connectivity index (χ0) is 17.2. The SMILES string of the molecule is CCC(=O)Nc1ccc(S(=O)(=O)NC2CCc3ccccc32)cc1. The van der Waals surface area contributed by atoms with Gasteiger partial charge in [-0.3, -0.25) is 4.79 Å². The molecule has 0 saturated carbocycles. The molecule has 1 unspecified atom stereocenters. The van der Waals surface area contributed by atoms with Crippen LogP contribution in [0.5, 0.6) is 0 Å². The molecule has 2 N–H and O–H groups in total. The molecule has 0 saturated heterocycles. The average Bonchev–Trinajstić information content (AvgIpc) is 2.98. The Morgan fingerprint density at radius 2 is 1.83 bits per heavy atom. The molecule has 0 radical (unpaired) electrons. The largest absolute Gasteiger partial charge is 0.326 e. The van der Waals surface area contributed by atoms with Crippen molar-refractivity contribution < 1.29 is 13.2 Å². The van der Waals surface area contributed by atoms with E-state index in [9.17, 15) is 13.2 Å². The van der Waals surface area contributed by atoms with Crippen LogP contribution in [0.2, 0.25) is 0 Å². The lowest BCUT2D eigenvalue weighted by atomic mass is 10.1. The van der Waals surface area contributed by atoms with Crippen LogP contribution in [-0.4, -0.2) is 14.3 Å². The Bertz CT molecular complexity index is 845. The number of carbonyl (C=O) groups excluding carboxylic acids is 1. The molecule has 3 rings (SSSR count). The molecule has 1 amide bonds. The first kappa shape index (κ1) is 16.7. The minimum absolute atomic E-state index is 0.105. The quantitative estimate of drug-likeness (QED) is 0.875. The smallest absolute Gasteiger partial charge is 0.241 e. The van der Waals surface area contributed by atoms with Crippen LogP contribution >= 0.6 is 0 Å². The van der Waals surface area contributed by atoms with E-state index in [-0.39, 0.29) is 16.8 Å².